The molecular formula is C14H18FN3O. The number of hydrogen-bond donors (Lipinski definition) is 1. The van der Waals surface area contributed by atoms with Gasteiger partial charge in [-0.2, -0.15) is 5.10 Å². The zero-order valence-electron chi connectivity index (χ0n) is 11.0. The summed E-state index contributed by atoms with van der Waals surface area (Å²) in [6.45, 7) is 3.58. The van der Waals surface area contributed by atoms with E-state index >= 15 is 0 Å². The summed E-state index contributed by atoms with van der Waals surface area (Å²) < 4.78 is 20.7. The lowest BCUT2D eigenvalue weighted by Gasteiger charge is -2.06. The highest BCUT2D eigenvalue weighted by molar-refractivity contribution is 5.25. The summed E-state index contributed by atoms with van der Waals surface area (Å²) in [5.41, 5.74) is 7.04. The Hall–Kier alpha value is -1.88. The molecule has 0 saturated carbocycles. The summed E-state index contributed by atoms with van der Waals surface area (Å²) >= 11 is 0. The first kappa shape index (κ1) is 13.5. The molecule has 0 unspecified atom stereocenters. The van der Waals surface area contributed by atoms with Crippen LogP contribution in [0.2, 0.25) is 0 Å². The fraction of sp³-hybridized carbons (Fsp3) is 0.357. The van der Waals surface area contributed by atoms with E-state index in [2.05, 4.69) is 12.0 Å². The fourth-order valence-corrected chi connectivity index (χ4v) is 1.86. The highest BCUT2D eigenvalue weighted by atomic mass is 19.1. The third-order valence-electron chi connectivity index (χ3n) is 2.72. The topological polar surface area (TPSA) is 53.1 Å². The Morgan fingerprint density at radius 3 is 2.84 bits per heavy atom. The van der Waals surface area contributed by atoms with Gasteiger partial charge in [-0.3, -0.25) is 4.68 Å². The van der Waals surface area contributed by atoms with Crippen molar-refractivity contribution >= 4 is 0 Å². The van der Waals surface area contributed by atoms with Gasteiger partial charge in [0.25, 0.3) is 0 Å². The molecule has 19 heavy (non-hydrogen) atoms. The second-order valence-corrected chi connectivity index (χ2v) is 4.40. The summed E-state index contributed by atoms with van der Waals surface area (Å²) in [5.74, 6) is 0.398. The SMILES string of the molecule is CCCn1cc(OCc2cc(F)cc(CN)c2)cn1. The van der Waals surface area contributed by atoms with Crippen LogP contribution < -0.4 is 10.5 Å². The van der Waals surface area contributed by atoms with Crippen molar-refractivity contribution in [3.63, 3.8) is 0 Å². The molecule has 2 N–H and O–H groups in total. The molecule has 0 aliphatic heterocycles. The van der Waals surface area contributed by atoms with Crippen LogP contribution in [0.4, 0.5) is 4.39 Å². The zero-order chi connectivity index (χ0) is 13.7. The van der Waals surface area contributed by atoms with Crippen LogP contribution in [0.1, 0.15) is 24.5 Å². The average molecular weight is 263 g/mol. The molecule has 1 aromatic heterocycles. The predicted octanol–water partition coefficient (Wildman–Crippen LogP) is 2.47. The number of aryl methyl sites for hydroxylation is 1. The average Bonchev–Trinajstić information content (AvgIpc) is 2.84. The van der Waals surface area contributed by atoms with Crippen LogP contribution in [0.3, 0.4) is 0 Å². The molecule has 0 amide bonds. The molecule has 1 aromatic carbocycles. The lowest BCUT2D eigenvalue weighted by atomic mass is 10.1. The van der Waals surface area contributed by atoms with Crippen LogP contribution in [0.5, 0.6) is 5.75 Å². The molecule has 0 saturated heterocycles. The van der Waals surface area contributed by atoms with Gasteiger partial charge in [0, 0.05) is 13.1 Å². The Bertz CT molecular complexity index is 539. The minimum absolute atomic E-state index is 0.289. The van der Waals surface area contributed by atoms with Crippen molar-refractivity contribution in [2.24, 2.45) is 5.73 Å². The van der Waals surface area contributed by atoms with Crippen molar-refractivity contribution in [1.29, 1.82) is 0 Å². The Morgan fingerprint density at radius 1 is 1.32 bits per heavy atom. The van der Waals surface area contributed by atoms with Crippen molar-refractivity contribution in [1.82, 2.24) is 9.78 Å². The molecule has 0 aliphatic carbocycles. The molecular weight excluding hydrogens is 245 g/mol. The number of rotatable bonds is 6. The first-order chi connectivity index (χ1) is 9.21. The predicted molar refractivity (Wildman–Crippen MR) is 71.1 cm³/mol. The quantitative estimate of drug-likeness (QED) is 0.871. The van der Waals surface area contributed by atoms with E-state index < -0.39 is 0 Å². The van der Waals surface area contributed by atoms with Gasteiger partial charge in [0.2, 0.25) is 0 Å². The van der Waals surface area contributed by atoms with E-state index in [1.807, 2.05) is 16.9 Å². The van der Waals surface area contributed by atoms with Crippen molar-refractivity contribution in [2.75, 3.05) is 0 Å². The van der Waals surface area contributed by atoms with Gasteiger partial charge in [0.15, 0.2) is 5.75 Å². The van der Waals surface area contributed by atoms with Crippen molar-refractivity contribution in [2.45, 2.75) is 33.0 Å². The normalized spacial score (nSPS) is 10.7. The molecule has 5 heteroatoms. The van der Waals surface area contributed by atoms with E-state index in [1.54, 1.807) is 6.20 Å². The van der Waals surface area contributed by atoms with Gasteiger partial charge < -0.3 is 10.5 Å². The molecule has 0 spiro atoms. The van der Waals surface area contributed by atoms with Crippen LogP contribution in [0, 0.1) is 5.82 Å². The summed E-state index contributed by atoms with van der Waals surface area (Å²) in [7, 11) is 0. The summed E-state index contributed by atoms with van der Waals surface area (Å²) in [4.78, 5) is 0. The third kappa shape index (κ3) is 3.79. The maximum atomic E-state index is 13.3. The summed E-state index contributed by atoms with van der Waals surface area (Å²) in [6, 6.07) is 4.73. The van der Waals surface area contributed by atoms with Crippen LogP contribution in [0.25, 0.3) is 0 Å². The van der Waals surface area contributed by atoms with Gasteiger partial charge in [0.1, 0.15) is 12.4 Å². The Labute approximate surface area is 112 Å². The van der Waals surface area contributed by atoms with E-state index in [0.717, 1.165) is 24.1 Å². The highest BCUT2D eigenvalue weighted by Crippen LogP contribution is 2.14. The van der Waals surface area contributed by atoms with Crippen LogP contribution in [0.15, 0.2) is 30.6 Å². The van der Waals surface area contributed by atoms with E-state index in [0.29, 0.717) is 18.9 Å². The largest absolute Gasteiger partial charge is 0.486 e. The maximum Gasteiger partial charge on any atom is 0.157 e. The monoisotopic (exact) mass is 263 g/mol. The van der Waals surface area contributed by atoms with Gasteiger partial charge in [-0.15, -0.1) is 0 Å². The highest BCUT2D eigenvalue weighted by Gasteiger charge is 2.03. The second kappa shape index (κ2) is 6.33. The number of halogens is 1. The summed E-state index contributed by atoms with van der Waals surface area (Å²) in [6.07, 6.45) is 4.52. The number of ether oxygens (including phenoxy) is 1. The molecule has 0 aliphatic rings. The number of benzene rings is 1. The number of aromatic nitrogens is 2. The molecule has 0 bridgehead atoms. The molecule has 4 nitrogen and oxygen atoms in total. The Balaban J connectivity index is 1.99. The fourth-order valence-electron chi connectivity index (χ4n) is 1.86. The Kier molecular flexibility index (Phi) is 4.52. The molecule has 102 valence electrons. The number of nitrogens with two attached hydrogens (primary N) is 1. The maximum absolute atomic E-state index is 13.3. The molecule has 2 aromatic rings. The van der Waals surface area contributed by atoms with Crippen molar-refractivity contribution < 1.29 is 9.13 Å². The van der Waals surface area contributed by atoms with Crippen LogP contribution in [-0.4, -0.2) is 9.78 Å². The smallest absolute Gasteiger partial charge is 0.157 e. The molecule has 0 atom stereocenters. The minimum Gasteiger partial charge on any atom is -0.486 e. The third-order valence-corrected chi connectivity index (χ3v) is 2.72. The van der Waals surface area contributed by atoms with Gasteiger partial charge in [-0.1, -0.05) is 13.0 Å². The van der Waals surface area contributed by atoms with Crippen molar-refractivity contribution in [3.8, 4) is 5.75 Å². The lowest BCUT2D eigenvalue weighted by Crippen LogP contribution is -2.01. The van der Waals surface area contributed by atoms with E-state index in [1.165, 1.54) is 12.1 Å². The molecule has 0 fully saturated rings. The molecule has 0 radical (unpaired) electrons. The molecule has 2 rings (SSSR count). The van der Waals surface area contributed by atoms with Gasteiger partial charge in [-0.05, 0) is 29.7 Å². The number of hydrogen-bond acceptors (Lipinski definition) is 3. The van der Waals surface area contributed by atoms with E-state index in [-0.39, 0.29) is 5.82 Å². The Morgan fingerprint density at radius 2 is 2.11 bits per heavy atom. The van der Waals surface area contributed by atoms with Gasteiger partial charge >= 0.3 is 0 Å². The van der Waals surface area contributed by atoms with Crippen LogP contribution in [-0.2, 0) is 19.7 Å². The first-order valence-corrected chi connectivity index (χ1v) is 6.35. The van der Waals surface area contributed by atoms with E-state index in [9.17, 15) is 4.39 Å². The zero-order valence-corrected chi connectivity index (χ0v) is 11.0. The van der Waals surface area contributed by atoms with E-state index in [4.69, 9.17) is 10.5 Å². The first-order valence-electron chi connectivity index (χ1n) is 6.35. The lowest BCUT2D eigenvalue weighted by molar-refractivity contribution is 0.305. The van der Waals surface area contributed by atoms with Gasteiger partial charge in [0.05, 0.1) is 12.4 Å². The standard InChI is InChI=1S/C14H18FN3O/c1-2-3-18-9-14(8-17-18)19-10-12-4-11(7-16)5-13(15)6-12/h4-6,8-9H,2-3,7,10,16H2,1H3. The number of nitrogens with zero attached hydrogens (tertiary/aromatic N) is 2. The van der Waals surface area contributed by atoms with Crippen molar-refractivity contribution in [3.05, 3.63) is 47.5 Å². The van der Waals surface area contributed by atoms with Crippen LogP contribution >= 0.6 is 0 Å². The summed E-state index contributed by atoms with van der Waals surface area (Å²) in [5, 5.41) is 4.17. The van der Waals surface area contributed by atoms with Gasteiger partial charge in [-0.25, -0.2) is 4.39 Å². The second-order valence-electron chi connectivity index (χ2n) is 4.40. The molecule has 1 heterocycles. The minimum atomic E-state index is -0.289.